The maximum Gasteiger partial charge on any atom is 0.335 e. The highest BCUT2D eigenvalue weighted by atomic mass is 32.2. The third-order valence-corrected chi connectivity index (χ3v) is 10.2. The fourth-order valence-electron chi connectivity index (χ4n) is 5.55. The number of aromatic nitrogens is 1. The fourth-order valence-corrected chi connectivity index (χ4v) is 6.92. The zero-order valence-corrected chi connectivity index (χ0v) is 28.4. The lowest BCUT2D eigenvalue weighted by Gasteiger charge is -2.39. The molecule has 12 heteroatoms. The van der Waals surface area contributed by atoms with Gasteiger partial charge in [-0.3, -0.25) is 14.5 Å². The Morgan fingerprint density at radius 1 is 0.956 bits per heavy atom. The highest BCUT2D eigenvalue weighted by Gasteiger charge is 2.36. The van der Waals surface area contributed by atoms with E-state index in [1.165, 1.54) is 0 Å². The third kappa shape index (κ3) is 8.41. The molecule has 0 amide bonds. The van der Waals surface area contributed by atoms with E-state index >= 15 is 0 Å². The highest BCUT2D eigenvalue weighted by molar-refractivity contribution is 7.99. The van der Waals surface area contributed by atoms with Crippen molar-refractivity contribution in [1.29, 1.82) is 0 Å². The van der Waals surface area contributed by atoms with Crippen LogP contribution in [0.1, 0.15) is 67.7 Å². The molecule has 0 unspecified atom stereocenters. The number of Topliss-reactive ketones (excluding diaryl/α,β-unsaturated/α-hetero) is 2. The molecule has 2 aromatic carbocycles. The van der Waals surface area contributed by atoms with Crippen molar-refractivity contribution in [3.8, 4) is 0 Å². The first-order valence-corrected chi connectivity index (χ1v) is 18.6. The van der Waals surface area contributed by atoms with Gasteiger partial charge < -0.3 is 14.1 Å². The summed E-state index contributed by atoms with van der Waals surface area (Å²) in [4.78, 5) is 47.0. The number of ketones is 2. The van der Waals surface area contributed by atoms with E-state index in [1.54, 1.807) is 23.9 Å². The molecule has 4 rings (SSSR count). The number of nitrogens with zero attached hydrogens (tertiary/aromatic N) is 3. The van der Waals surface area contributed by atoms with Gasteiger partial charge in [0.05, 0.1) is 30.9 Å². The van der Waals surface area contributed by atoms with Crippen LogP contribution in [0.3, 0.4) is 0 Å². The van der Waals surface area contributed by atoms with Gasteiger partial charge in [-0.2, -0.15) is 11.8 Å². The van der Waals surface area contributed by atoms with Crippen LogP contribution in [-0.4, -0.2) is 96.5 Å². The van der Waals surface area contributed by atoms with Crippen LogP contribution in [0.5, 0.6) is 0 Å². The Morgan fingerprint density at radius 2 is 1.58 bits per heavy atom. The minimum Gasteiger partial charge on any atom is -0.379 e. The quantitative estimate of drug-likeness (QED) is 0.0717. The molecule has 0 spiro atoms. The molecule has 0 bridgehead atoms. The summed E-state index contributed by atoms with van der Waals surface area (Å²) in [6, 6.07) is 10.9. The molecule has 0 radical (unpaired) electrons. The van der Waals surface area contributed by atoms with Gasteiger partial charge in [-0.15, -0.1) is 0 Å². The van der Waals surface area contributed by atoms with Gasteiger partial charge in [-0.25, -0.2) is 13.2 Å². The minimum atomic E-state index is -3.41. The van der Waals surface area contributed by atoms with Crippen molar-refractivity contribution in [2.24, 2.45) is 5.16 Å². The molecule has 0 N–H and O–H groups in total. The second-order valence-electron chi connectivity index (χ2n) is 11.8. The molecule has 1 aliphatic rings. The summed E-state index contributed by atoms with van der Waals surface area (Å²) in [6.07, 6.45) is 2.01. The predicted octanol–water partition coefficient (Wildman–Crippen LogP) is 5.16. The Balaban J connectivity index is 1.69. The molecule has 1 aromatic heterocycles. The van der Waals surface area contributed by atoms with Crippen molar-refractivity contribution in [2.75, 3.05) is 49.8 Å². The maximum atomic E-state index is 13.8. The third-order valence-electron chi connectivity index (χ3n) is 8.09. The molecule has 0 atom stereocenters. The number of aryl methyl sites for hydroxylation is 1. The molecular weight excluding hydrogens is 615 g/mol. The summed E-state index contributed by atoms with van der Waals surface area (Å²) in [5.41, 5.74) is 1.82. The summed E-state index contributed by atoms with van der Waals surface area (Å²) in [5, 5.41) is 5.47. The molecular formula is C33H43N3O7S2. The van der Waals surface area contributed by atoms with Gasteiger partial charge in [0.2, 0.25) is 5.78 Å². The molecule has 45 heavy (non-hydrogen) atoms. The van der Waals surface area contributed by atoms with Crippen LogP contribution in [0.15, 0.2) is 41.6 Å². The van der Waals surface area contributed by atoms with Crippen LogP contribution in [0.2, 0.25) is 0 Å². The van der Waals surface area contributed by atoms with Gasteiger partial charge in [0.25, 0.3) is 0 Å². The number of morpholine rings is 1. The number of ether oxygens (including phenoxy) is 1. The molecule has 10 nitrogen and oxygen atoms in total. The van der Waals surface area contributed by atoms with Crippen LogP contribution in [0.4, 0.5) is 0 Å². The number of thioether (sulfide) groups is 1. The van der Waals surface area contributed by atoms with Crippen molar-refractivity contribution < 1.29 is 32.4 Å². The van der Waals surface area contributed by atoms with Gasteiger partial charge in [0.1, 0.15) is 15.5 Å². The smallest absolute Gasteiger partial charge is 0.335 e. The highest BCUT2D eigenvalue weighted by Crippen LogP contribution is 2.32. The molecule has 2 heterocycles. The van der Waals surface area contributed by atoms with Gasteiger partial charge >= 0.3 is 5.97 Å². The Bertz CT molecular complexity index is 1700. The maximum absolute atomic E-state index is 13.8. The second kappa shape index (κ2) is 15.0. The van der Waals surface area contributed by atoms with E-state index in [4.69, 9.17) is 9.57 Å². The Hall–Kier alpha value is -3.06. The summed E-state index contributed by atoms with van der Waals surface area (Å²) in [7, 11) is -3.41. The van der Waals surface area contributed by atoms with Crippen LogP contribution in [-0.2, 0) is 30.8 Å². The van der Waals surface area contributed by atoms with E-state index in [2.05, 4.69) is 21.5 Å². The van der Waals surface area contributed by atoms with Crippen LogP contribution >= 0.6 is 11.8 Å². The number of hydrogen-bond acceptors (Lipinski definition) is 10. The molecule has 1 saturated heterocycles. The number of oxime groups is 1. The first kappa shape index (κ1) is 34.8. The van der Waals surface area contributed by atoms with Crippen molar-refractivity contribution in [3.05, 3.63) is 47.5 Å². The molecule has 3 aromatic rings. The zero-order valence-electron chi connectivity index (χ0n) is 26.8. The van der Waals surface area contributed by atoms with Gasteiger partial charge in [-0.1, -0.05) is 12.1 Å². The lowest BCUT2D eigenvalue weighted by molar-refractivity contribution is -0.143. The normalized spacial score (nSPS) is 15.1. The number of fused-ring (bicyclic) bond motifs is 3. The van der Waals surface area contributed by atoms with Crippen LogP contribution in [0, 0.1) is 0 Å². The SMILES string of the molecule is CCCSCCC(=O)O/N=C(\CCS(C)(=O)=O)C(=O)c1ccc2c(c1)c1cc(C(=O)C(C)(C)N3CCOCC3)ccc1n2CC. The summed E-state index contributed by atoms with van der Waals surface area (Å²) in [6.45, 7) is 11.2. The molecule has 0 saturated carbocycles. The van der Waals surface area contributed by atoms with E-state index in [-0.39, 0.29) is 35.7 Å². The van der Waals surface area contributed by atoms with E-state index in [0.29, 0.717) is 44.2 Å². The van der Waals surface area contributed by atoms with Crippen LogP contribution < -0.4 is 0 Å². The second-order valence-corrected chi connectivity index (χ2v) is 15.3. The average Bonchev–Trinajstić information content (AvgIpc) is 3.34. The summed E-state index contributed by atoms with van der Waals surface area (Å²) < 4.78 is 31.5. The lowest BCUT2D eigenvalue weighted by Crippen LogP contribution is -2.54. The predicted molar refractivity (Wildman–Crippen MR) is 180 cm³/mol. The molecule has 1 fully saturated rings. The van der Waals surface area contributed by atoms with E-state index in [9.17, 15) is 22.8 Å². The summed E-state index contributed by atoms with van der Waals surface area (Å²) >= 11 is 1.62. The van der Waals surface area contributed by atoms with Gasteiger partial charge in [0.15, 0.2) is 5.78 Å². The van der Waals surface area contributed by atoms with Crippen molar-refractivity contribution in [3.63, 3.8) is 0 Å². The fraction of sp³-hybridized carbons (Fsp3) is 0.515. The molecule has 1 aliphatic heterocycles. The van der Waals surface area contributed by atoms with E-state index < -0.39 is 27.1 Å². The average molecular weight is 658 g/mol. The Kier molecular flexibility index (Phi) is 11.6. The number of hydrogen-bond donors (Lipinski definition) is 0. The number of sulfone groups is 1. The van der Waals surface area contributed by atoms with Crippen molar-refractivity contribution in [2.45, 2.75) is 59.0 Å². The zero-order chi connectivity index (χ0) is 32.8. The standard InChI is InChI=1S/C33H43N3O7S2/c1-6-18-44-19-12-30(37)43-34-27(13-20-45(5,40)41)31(38)23-8-10-28-25(21-23)26-22-24(9-11-29(26)36(28)7-2)32(39)33(3,4)35-14-16-42-17-15-35/h8-11,21-22H,6-7,12-20H2,1-5H3/b34-27+. The van der Waals surface area contributed by atoms with Crippen molar-refractivity contribution in [1.82, 2.24) is 9.47 Å². The van der Waals surface area contributed by atoms with Gasteiger partial charge in [-0.05, 0) is 69.3 Å². The topological polar surface area (TPSA) is 124 Å². The number of rotatable bonds is 15. The Labute approximate surface area is 269 Å². The first-order chi connectivity index (χ1) is 21.4. The first-order valence-electron chi connectivity index (χ1n) is 15.4. The number of benzene rings is 2. The minimum absolute atomic E-state index is 0.000957. The van der Waals surface area contributed by atoms with Gasteiger partial charge in [0, 0.05) is 71.0 Å². The largest absolute Gasteiger partial charge is 0.379 e. The van der Waals surface area contributed by atoms with Crippen molar-refractivity contribution >= 4 is 66.7 Å². The molecule has 244 valence electrons. The number of carbonyl (C=O) groups is 3. The summed E-state index contributed by atoms with van der Waals surface area (Å²) in [5.74, 6) is 0.0757. The van der Waals surface area contributed by atoms with Crippen LogP contribution in [0.25, 0.3) is 21.8 Å². The monoisotopic (exact) mass is 657 g/mol. The number of carbonyl (C=O) groups excluding carboxylic acids is 3. The molecule has 0 aliphatic carbocycles. The Morgan fingerprint density at radius 3 is 2.18 bits per heavy atom. The van der Waals surface area contributed by atoms with E-state index in [1.807, 2.05) is 45.0 Å². The lowest BCUT2D eigenvalue weighted by atomic mass is 9.90. The van der Waals surface area contributed by atoms with E-state index in [0.717, 1.165) is 40.2 Å².